The van der Waals surface area contributed by atoms with E-state index < -0.39 is 6.10 Å². The summed E-state index contributed by atoms with van der Waals surface area (Å²) in [6.45, 7) is 8.21. The second-order valence-corrected chi connectivity index (χ2v) is 12.9. The van der Waals surface area contributed by atoms with Gasteiger partial charge in [-0.05, 0) is 54.3 Å². The Morgan fingerprint density at radius 3 is 2.65 bits per heavy atom. The smallest absolute Gasteiger partial charge is 0.255 e. The van der Waals surface area contributed by atoms with E-state index in [0.717, 1.165) is 24.5 Å². The lowest BCUT2D eigenvalue weighted by Gasteiger charge is -2.39. The Kier molecular flexibility index (Phi) is 10.4. The molecule has 1 aromatic heterocycles. The predicted molar refractivity (Wildman–Crippen MR) is 179 cm³/mol. The van der Waals surface area contributed by atoms with Gasteiger partial charge in [-0.15, -0.1) is 0 Å². The van der Waals surface area contributed by atoms with Crippen molar-refractivity contribution in [2.24, 2.45) is 5.92 Å². The molecule has 0 unspecified atom stereocenters. The zero-order valence-corrected chi connectivity index (χ0v) is 27.7. The molecule has 4 bridgehead atoms. The molecule has 2 aromatic carbocycles. The Morgan fingerprint density at radius 1 is 1.04 bits per heavy atom. The largest absolute Gasteiger partial charge is 0.493 e. The molecule has 3 aliphatic heterocycles. The number of pyridine rings is 1. The number of benzene rings is 2. The van der Waals surface area contributed by atoms with Gasteiger partial charge >= 0.3 is 0 Å². The fourth-order valence-electron chi connectivity index (χ4n) is 6.01. The van der Waals surface area contributed by atoms with Gasteiger partial charge in [0.1, 0.15) is 23.1 Å². The molecule has 254 valence electrons. The van der Waals surface area contributed by atoms with E-state index in [9.17, 15) is 14.4 Å². The molecule has 12 nitrogen and oxygen atoms in total. The average Bonchev–Trinajstić information content (AvgIpc) is 3.09. The Hall–Kier alpha value is -4.68. The fraction of sp³-hybridized carbons (Fsp3) is 0.444. The summed E-state index contributed by atoms with van der Waals surface area (Å²) in [5, 5.41) is 3.08. The summed E-state index contributed by atoms with van der Waals surface area (Å²) in [5.74, 6) is 1.84. The van der Waals surface area contributed by atoms with Crippen molar-refractivity contribution in [3.63, 3.8) is 0 Å². The average molecular weight is 658 g/mol. The molecule has 2 saturated heterocycles. The van der Waals surface area contributed by atoms with Crippen molar-refractivity contribution in [1.82, 2.24) is 20.1 Å². The van der Waals surface area contributed by atoms with E-state index in [2.05, 4.69) is 15.2 Å². The lowest BCUT2D eigenvalue weighted by Crippen LogP contribution is -2.57. The molecule has 1 N–H and O–H groups in total. The normalized spacial score (nSPS) is 20.5. The van der Waals surface area contributed by atoms with Gasteiger partial charge in [0, 0.05) is 51.1 Å². The summed E-state index contributed by atoms with van der Waals surface area (Å²) in [5.41, 5.74) is 1.71. The van der Waals surface area contributed by atoms with Crippen LogP contribution in [0, 0.1) is 5.92 Å². The maximum atomic E-state index is 13.6. The van der Waals surface area contributed by atoms with E-state index in [1.165, 1.54) is 4.90 Å². The minimum Gasteiger partial charge on any atom is -0.493 e. The second-order valence-electron chi connectivity index (χ2n) is 12.9. The highest BCUT2D eigenvalue weighted by atomic mass is 16.5. The quantitative estimate of drug-likeness (QED) is 0.437. The second kappa shape index (κ2) is 15.0. The van der Waals surface area contributed by atoms with Gasteiger partial charge in [0.15, 0.2) is 0 Å². The number of ether oxygens (including phenoxy) is 4. The first-order valence-corrected chi connectivity index (χ1v) is 16.5. The summed E-state index contributed by atoms with van der Waals surface area (Å²) in [6, 6.07) is 15.9. The summed E-state index contributed by atoms with van der Waals surface area (Å²) >= 11 is 0. The first-order chi connectivity index (χ1) is 23.2. The van der Waals surface area contributed by atoms with E-state index in [1.54, 1.807) is 42.4 Å². The van der Waals surface area contributed by atoms with Crippen molar-refractivity contribution in [2.45, 2.75) is 39.0 Å². The molecule has 48 heavy (non-hydrogen) atoms. The number of anilines is 1. The topological polar surface area (TPSA) is 123 Å². The van der Waals surface area contributed by atoms with Crippen LogP contribution in [0.25, 0.3) is 0 Å². The summed E-state index contributed by atoms with van der Waals surface area (Å²) in [6.07, 6.45) is 1.62. The third kappa shape index (κ3) is 8.23. The summed E-state index contributed by atoms with van der Waals surface area (Å²) in [4.78, 5) is 50.2. The molecule has 6 rings (SSSR count). The highest BCUT2D eigenvalue weighted by Gasteiger charge is 2.34. The van der Waals surface area contributed by atoms with Crippen LogP contribution < -0.4 is 19.7 Å². The number of hydrogen-bond donors (Lipinski definition) is 1. The number of amides is 3. The molecule has 0 saturated carbocycles. The first kappa shape index (κ1) is 33.2. The maximum Gasteiger partial charge on any atom is 0.255 e. The van der Waals surface area contributed by atoms with Crippen molar-refractivity contribution in [3.8, 4) is 17.2 Å². The van der Waals surface area contributed by atoms with Gasteiger partial charge in [-0.3, -0.25) is 14.4 Å². The van der Waals surface area contributed by atoms with Crippen molar-refractivity contribution < 1.29 is 33.3 Å². The Balaban J connectivity index is 1.21. The molecule has 0 radical (unpaired) electrons. The molecule has 12 heteroatoms. The zero-order valence-electron chi connectivity index (χ0n) is 27.7. The van der Waals surface area contributed by atoms with Crippen LogP contribution in [0.5, 0.6) is 17.2 Å². The van der Waals surface area contributed by atoms with Gasteiger partial charge in [-0.1, -0.05) is 26.0 Å². The van der Waals surface area contributed by atoms with Crippen LogP contribution in [-0.2, 0) is 20.9 Å². The number of piperidine rings is 1. The minimum atomic E-state index is -0.487. The fourth-order valence-corrected chi connectivity index (χ4v) is 6.01. The highest BCUT2D eigenvalue weighted by molar-refractivity contribution is 5.97. The Morgan fingerprint density at radius 2 is 1.88 bits per heavy atom. The molecule has 3 aliphatic rings. The van der Waals surface area contributed by atoms with Gasteiger partial charge in [0.25, 0.3) is 11.8 Å². The number of likely N-dealkylation sites (N-methyl/N-ethyl adjacent to an activating group) is 1. The van der Waals surface area contributed by atoms with Crippen molar-refractivity contribution in [1.29, 1.82) is 0 Å². The van der Waals surface area contributed by atoms with Crippen LogP contribution in [0.2, 0.25) is 0 Å². The van der Waals surface area contributed by atoms with Crippen LogP contribution in [0.1, 0.15) is 46.5 Å². The van der Waals surface area contributed by atoms with E-state index in [4.69, 9.17) is 18.9 Å². The predicted octanol–water partition coefficient (Wildman–Crippen LogP) is 3.75. The number of carbonyl (C=O) groups is 3. The minimum absolute atomic E-state index is 0.143. The number of aromatic nitrogens is 1. The number of fused-ring (bicyclic) bond motifs is 5. The van der Waals surface area contributed by atoms with Gasteiger partial charge < -0.3 is 39.0 Å². The third-order valence-corrected chi connectivity index (χ3v) is 8.56. The maximum absolute atomic E-state index is 13.6. The summed E-state index contributed by atoms with van der Waals surface area (Å²) in [7, 11) is 1.59. The number of likely N-dealkylation sites (tertiary alicyclic amines) is 1. The van der Waals surface area contributed by atoms with Crippen molar-refractivity contribution in [3.05, 3.63) is 77.5 Å². The number of rotatable bonds is 5. The lowest BCUT2D eigenvalue weighted by molar-refractivity contribution is -0.124. The van der Waals surface area contributed by atoms with E-state index in [0.29, 0.717) is 67.1 Å². The van der Waals surface area contributed by atoms with Crippen LogP contribution in [0.15, 0.2) is 60.8 Å². The van der Waals surface area contributed by atoms with E-state index in [1.807, 2.05) is 44.2 Å². The first-order valence-electron chi connectivity index (χ1n) is 16.5. The van der Waals surface area contributed by atoms with Crippen molar-refractivity contribution >= 4 is 23.5 Å². The SMILES string of the molecule is CC(C)COc1cc2cc(c1)C(=O)N(C)CC(=O)N[C@H]1CCN(C(=O)c3ccc(N4CCOCC4)nc3)C[C@@H]1OCc1cccc(c1)O2. The van der Waals surface area contributed by atoms with Crippen molar-refractivity contribution in [2.75, 3.05) is 64.5 Å². The molecule has 0 aliphatic carbocycles. The number of nitrogens with one attached hydrogen (secondary N) is 1. The summed E-state index contributed by atoms with van der Waals surface area (Å²) < 4.78 is 24.0. The molecular weight excluding hydrogens is 614 g/mol. The molecule has 3 amide bonds. The number of hydrogen-bond acceptors (Lipinski definition) is 9. The molecular formula is C36H43N5O7. The standard InChI is InChI=1S/C36H43N5O7/c1-24(2)22-46-29-16-27-17-30(18-29)48-28-6-4-5-25(15-28)23-47-32-20-41(10-9-31(32)38-34(42)21-39(3)35(27)43)36(44)26-7-8-33(37-19-26)40-11-13-45-14-12-40/h4-8,15-19,24,31-32H,9-14,20-23H2,1-3H3,(H,38,42)/t31-,32-/m0/s1. The van der Waals surface area contributed by atoms with Crippen LogP contribution >= 0.6 is 0 Å². The Bertz CT molecular complexity index is 1610. The molecule has 3 aromatic rings. The van der Waals surface area contributed by atoms with E-state index >= 15 is 0 Å². The molecule has 2 fully saturated rings. The van der Waals surface area contributed by atoms with Gasteiger partial charge in [0.2, 0.25) is 5.91 Å². The number of carbonyl (C=O) groups excluding carboxylic acids is 3. The zero-order chi connectivity index (χ0) is 33.6. The van der Waals surface area contributed by atoms with E-state index in [-0.39, 0.29) is 43.5 Å². The van der Waals surface area contributed by atoms with Gasteiger partial charge in [0.05, 0.1) is 50.7 Å². The molecule has 2 atom stereocenters. The van der Waals surface area contributed by atoms with Crippen LogP contribution in [-0.4, -0.2) is 104 Å². The molecule has 4 heterocycles. The third-order valence-electron chi connectivity index (χ3n) is 8.56. The van der Waals surface area contributed by atoms with Gasteiger partial charge in [-0.2, -0.15) is 0 Å². The number of morpholine rings is 1. The molecule has 0 spiro atoms. The van der Waals surface area contributed by atoms with Crippen LogP contribution in [0.4, 0.5) is 5.82 Å². The Labute approximate surface area is 280 Å². The lowest BCUT2D eigenvalue weighted by atomic mass is 10.0. The van der Waals surface area contributed by atoms with Crippen LogP contribution in [0.3, 0.4) is 0 Å². The van der Waals surface area contributed by atoms with Gasteiger partial charge in [-0.25, -0.2) is 4.98 Å². The number of nitrogens with zero attached hydrogens (tertiary/aromatic N) is 4. The monoisotopic (exact) mass is 657 g/mol. The highest BCUT2D eigenvalue weighted by Crippen LogP contribution is 2.30.